The Morgan fingerprint density at radius 1 is 1.33 bits per heavy atom. The van der Waals surface area contributed by atoms with E-state index in [2.05, 4.69) is 0 Å². The van der Waals surface area contributed by atoms with Gasteiger partial charge in [-0.25, -0.2) is 8.78 Å². The van der Waals surface area contributed by atoms with Gasteiger partial charge in [-0.2, -0.15) is 0 Å². The number of aliphatic carboxylic acids is 1. The third-order valence-electron chi connectivity index (χ3n) is 1.99. The maximum Gasteiger partial charge on any atom is 0.322 e. The quantitative estimate of drug-likeness (QED) is 0.681. The van der Waals surface area contributed by atoms with Crippen molar-refractivity contribution in [2.45, 2.75) is 12.1 Å². The van der Waals surface area contributed by atoms with Crippen molar-refractivity contribution in [3.8, 4) is 0 Å². The van der Waals surface area contributed by atoms with Crippen LogP contribution in [0, 0.1) is 11.6 Å². The average Bonchev–Trinajstić information content (AvgIpc) is 2.19. The molecule has 0 aliphatic heterocycles. The number of rotatable bonds is 3. The number of benzene rings is 1. The Balaban J connectivity index is 3.04. The molecule has 0 aliphatic carbocycles. The second kappa shape index (κ2) is 4.33. The lowest BCUT2D eigenvalue weighted by Gasteiger charge is -2.16. The van der Waals surface area contributed by atoms with Crippen molar-refractivity contribution in [1.82, 2.24) is 0 Å². The zero-order valence-corrected chi connectivity index (χ0v) is 7.65. The van der Waals surface area contributed by atoms with Crippen LogP contribution in [0.15, 0.2) is 18.2 Å². The number of carboxylic acid groups (broad SMARTS) is 1. The van der Waals surface area contributed by atoms with Crippen LogP contribution >= 0.6 is 0 Å². The van der Waals surface area contributed by atoms with E-state index in [1.165, 1.54) is 0 Å². The molecule has 0 spiro atoms. The second-order valence-corrected chi connectivity index (χ2v) is 3.06. The predicted octanol–water partition coefficient (Wildman–Crippen LogP) is 0.376. The van der Waals surface area contributed by atoms with E-state index < -0.39 is 29.7 Å². The molecule has 1 rings (SSSR count). The number of nitrogens with two attached hydrogens (primary N) is 2. The monoisotopic (exact) mass is 216 g/mol. The van der Waals surface area contributed by atoms with Gasteiger partial charge in [0.05, 0.1) is 6.04 Å². The van der Waals surface area contributed by atoms with Crippen molar-refractivity contribution in [1.29, 1.82) is 0 Å². The minimum Gasteiger partial charge on any atom is -0.480 e. The van der Waals surface area contributed by atoms with Crippen LogP contribution in [0.4, 0.5) is 8.78 Å². The summed E-state index contributed by atoms with van der Waals surface area (Å²) in [5, 5.41) is 8.55. The third kappa shape index (κ3) is 2.48. The molecule has 0 saturated heterocycles. The summed E-state index contributed by atoms with van der Waals surface area (Å²) in [6.45, 7) is 0. The van der Waals surface area contributed by atoms with E-state index >= 15 is 0 Å². The topological polar surface area (TPSA) is 89.3 Å². The molecule has 15 heavy (non-hydrogen) atoms. The molecule has 2 unspecified atom stereocenters. The fourth-order valence-corrected chi connectivity index (χ4v) is 1.12. The largest absolute Gasteiger partial charge is 0.480 e. The SMILES string of the molecule is NC(C(=O)O)C(N)c1cc(F)ccc1F. The van der Waals surface area contributed by atoms with Gasteiger partial charge in [0.25, 0.3) is 0 Å². The van der Waals surface area contributed by atoms with Gasteiger partial charge in [-0.15, -0.1) is 0 Å². The molecule has 0 radical (unpaired) electrons. The van der Waals surface area contributed by atoms with E-state index in [0.29, 0.717) is 0 Å². The van der Waals surface area contributed by atoms with Crippen molar-refractivity contribution in [2.24, 2.45) is 11.5 Å². The summed E-state index contributed by atoms with van der Waals surface area (Å²) in [6, 6.07) is -0.126. The van der Waals surface area contributed by atoms with Crippen LogP contribution in [-0.4, -0.2) is 17.1 Å². The van der Waals surface area contributed by atoms with Gasteiger partial charge < -0.3 is 16.6 Å². The molecule has 2 atom stereocenters. The van der Waals surface area contributed by atoms with E-state index in [9.17, 15) is 13.6 Å². The van der Waals surface area contributed by atoms with Crippen LogP contribution in [-0.2, 0) is 4.79 Å². The molecule has 0 aromatic heterocycles. The number of carboxylic acids is 1. The molecular weight excluding hydrogens is 206 g/mol. The van der Waals surface area contributed by atoms with Crippen molar-refractivity contribution >= 4 is 5.97 Å². The molecule has 0 saturated carbocycles. The maximum absolute atomic E-state index is 13.1. The summed E-state index contributed by atoms with van der Waals surface area (Å²) in [7, 11) is 0. The highest BCUT2D eigenvalue weighted by molar-refractivity contribution is 5.74. The number of hydrogen-bond donors (Lipinski definition) is 3. The van der Waals surface area contributed by atoms with Crippen LogP contribution in [0.5, 0.6) is 0 Å². The van der Waals surface area contributed by atoms with Crippen molar-refractivity contribution in [2.75, 3.05) is 0 Å². The molecular formula is C9H10F2N2O2. The number of carbonyl (C=O) groups is 1. The van der Waals surface area contributed by atoms with Crippen LogP contribution < -0.4 is 11.5 Å². The molecule has 0 fully saturated rings. The summed E-state index contributed by atoms with van der Waals surface area (Å²) in [6.07, 6.45) is 0. The Hall–Kier alpha value is -1.53. The summed E-state index contributed by atoms with van der Waals surface area (Å²) in [4.78, 5) is 10.5. The molecule has 0 bridgehead atoms. The molecule has 5 N–H and O–H groups in total. The zero-order valence-electron chi connectivity index (χ0n) is 7.65. The van der Waals surface area contributed by atoms with Gasteiger partial charge >= 0.3 is 5.97 Å². The smallest absolute Gasteiger partial charge is 0.322 e. The van der Waals surface area contributed by atoms with E-state index in [1.54, 1.807) is 0 Å². The minimum atomic E-state index is -1.47. The lowest BCUT2D eigenvalue weighted by molar-refractivity contribution is -0.139. The van der Waals surface area contributed by atoms with Gasteiger partial charge in [0.1, 0.15) is 17.7 Å². The predicted molar refractivity (Wildman–Crippen MR) is 48.9 cm³/mol. The Bertz CT molecular complexity index is 384. The highest BCUT2D eigenvalue weighted by Crippen LogP contribution is 2.18. The first-order valence-corrected chi connectivity index (χ1v) is 4.12. The van der Waals surface area contributed by atoms with E-state index in [1.807, 2.05) is 0 Å². The first-order chi connectivity index (χ1) is 6.93. The van der Waals surface area contributed by atoms with Crippen molar-refractivity contribution in [3.63, 3.8) is 0 Å². The first kappa shape index (κ1) is 11.5. The second-order valence-electron chi connectivity index (χ2n) is 3.06. The summed E-state index contributed by atoms with van der Waals surface area (Å²) < 4.78 is 25.9. The molecule has 1 aromatic carbocycles. The fraction of sp³-hybridized carbons (Fsp3) is 0.222. The lowest BCUT2D eigenvalue weighted by atomic mass is 10.0. The number of hydrogen-bond acceptors (Lipinski definition) is 3. The van der Waals surface area contributed by atoms with Crippen LogP contribution in [0.1, 0.15) is 11.6 Å². The van der Waals surface area contributed by atoms with Crippen LogP contribution in [0.3, 0.4) is 0 Å². The number of halogens is 2. The molecule has 0 aliphatic rings. The third-order valence-corrected chi connectivity index (χ3v) is 1.99. The van der Waals surface area contributed by atoms with Gasteiger partial charge in [-0.1, -0.05) is 0 Å². The van der Waals surface area contributed by atoms with Gasteiger partial charge in [0, 0.05) is 5.56 Å². The van der Waals surface area contributed by atoms with E-state index in [-0.39, 0.29) is 5.56 Å². The Morgan fingerprint density at radius 2 is 1.93 bits per heavy atom. The Morgan fingerprint density at radius 3 is 2.47 bits per heavy atom. The highest BCUT2D eigenvalue weighted by atomic mass is 19.1. The molecule has 0 amide bonds. The Kier molecular flexibility index (Phi) is 3.33. The van der Waals surface area contributed by atoms with Gasteiger partial charge in [0.2, 0.25) is 0 Å². The normalized spacial score (nSPS) is 14.7. The lowest BCUT2D eigenvalue weighted by Crippen LogP contribution is -2.41. The summed E-state index contributed by atoms with van der Waals surface area (Å²) >= 11 is 0. The zero-order chi connectivity index (χ0) is 11.6. The van der Waals surface area contributed by atoms with E-state index in [0.717, 1.165) is 18.2 Å². The fourth-order valence-electron chi connectivity index (χ4n) is 1.12. The molecule has 0 heterocycles. The summed E-state index contributed by atoms with van der Waals surface area (Å²) in [5.41, 5.74) is 10.3. The van der Waals surface area contributed by atoms with E-state index in [4.69, 9.17) is 16.6 Å². The van der Waals surface area contributed by atoms with Crippen LogP contribution in [0.2, 0.25) is 0 Å². The van der Waals surface area contributed by atoms with Gasteiger partial charge in [-0.05, 0) is 18.2 Å². The highest BCUT2D eigenvalue weighted by Gasteiger charge is 2.24. The summed E-state index contributed by atoms with van der Waals surface area (Å²) in [5.74, 6) is -2.84. The molecule has 1 aromatic rings. The Labute approximate surface area is 84.5 Å². The average molecular weight is 216 g/mol. The van der Waals surface area contributed by atoms with Crippen molar-refractivity contribution in [3.05, 3.63) is 35.4 Å². The molecule has 6 heteroatoms. The standard InChI is InChI=1S/C9H10F2N2O2/c10-4-1-2-6(11)5(3-4)7(12)8(13)9(14)15/h1-3,7-8H,12-13H2,(H,14,15). The first-order valence-electron chi connectivity index (χ1n) is 4.12. The minimum absolute atomic E-state index is 0.245. The van der Waals surface area contributed by atoms with Gasteiger partial charge in [-0.3, -0.25) is 4.79 Å². The molecule has 82 valence electrons. The molecule has 4 nitrogen and oxygen atoms in total. The van der Waals surface area contributed by atoms with Gasteiger partial charge in [0.15, 0.2) is 0 Å². The van der Waals surface area contributed by atoms with Crippen molar-refractivity contribution < 1.29 is 18.7 Å². The van der Waals surface area contributed by atoms with Crippen LogP contribution in [0.25, 0.3) is 0 Å². The maximum atomic E-state index is 13.1.